The summed E-state index contributed by atoms with van der Waals surface area (Å²) in [4.78, 5) is 0. The maximum Gasteiger partial charge on any atom is 0.428 e. The predicted molar refractivity (Wildman–Crippen MR) is 67.4 cm³/mol. The monoisotopic (exact) mass is 328 g/mol. The van der Waals surface area contributed by atoms with E-state index in [1.54, 1.807) is 0 Å². The summed E-state index contributed by atoms with van der Waals surface area (Å²) >= 11 is 0. The quantitative estimate of drug-likeness (QED) is 0.475. The molecule has 0 fully saturated rings. The summed E-state index contributed by atoms with van der Waals surface area (Å²) in [6, 6.07) is 0. The predicted octanol–water partition coefficient (Wildman–Crippen LogP) is 4.22. The van der Waals surface area contributed by atoms with Crippen LogP contribution in [0.2, 0.25) is 26.2 Å². The maximum atomic E-state index is 12.0. The molecule has 20 heavy (non-hydrogen) atoms. The topological polar surface area (TPSA) is 29.5 Å². The number of hydrogen-bond acceptors (Lipinski definition) is 2. The smallest absolute Gasteiger partial charge is 0.378 e. The summed E-state index contributed by atoms with van der Waals surface area (Å²) < 4.78 is 76.0. The van der Waals surface area contributed by atoms with E-state index in [4.69, 9.17) is 5.11 Å². The third kappa shape index (κ3) is 8.80. The molecule has 9 heteroatoms. The Labute approximate surface area is 116 Å². The molecule has 0 amide bonds. The number of ether oxygens (including phenoxy) is 1. The van der Waals surface area contributed by atoms with E-state index in [0.717, 1.165) is 0 Å². The third-order valence-electron chi connectivity index (χ3n) is 1.60. The minimum absolute atomic E-state index is 0.256. The van der Waals surface area contributed by atoms with Crippen LogP contribution in [-0.4, -0.2) is 44.3 Å². The van der Waals surface area contributed by atoms with Crippen LogP contribution in [0.15, 0.2) is 0 Å². The fraction of sp³-hybridized carbons (Fsp3) is 1.00. The lowest BCUT2D eigenvalue weighted by molar-refractivity contribution is -0.378. The van der Waals surface area contributed by atoms with Crippen molar-refractivity contribution in [2.75, 3.05) is 13.2 Å². The average molecular weight is 328 g/mol. The molecule has 0 aromatic heterocycles. The van der Waals surface area contributed by atoms with E-state index in [-0.39, 0.29) is 13.0 Å². The molecule has 0 bridgehead atoms. The number of hydrogen-bond donors (Lipinski definition) is 1. The van der Waals surface area contributed by atoms with Crippen LogP contribution < -0.4 is 0 Å². The molecule has 0 heterocycles. The Balaban J connectivity index is 0. The zero-order valence-corrected chi connectivity index (χ0v) is 13.2. The molecule has 2 nitrogen and oxygen atoms in total. The van der Waals surface area contributed by atoms with Gasteiger partial charge in [-0.1, -0.05) is 33.1 Å². The summed E-state index contributed by atoms with van der Waals surface area (Å²) in [5, 5.41) is 8.54. The molecule has 0 aromatic carbocycles. The Kier molecular flexibility index (Phi) is 8.41. The van der Waals surface area contributed by atoms with Crippen LogP contribution in [0.4, 0.5) is 26.3 Å². The Morgan fingerprint density at radius 2 is 1.20 bits per heavy atom. The fourth-order valence-electron chi connectivity index (χ4n) is 0.689. The van der Waals surface area contributed by atoms with Crippen molar-refractivity contribution in [3.63, 3.8) is 0 Å². The number of aliphatic hydroxyl groups is 1. The molecule has 0 aliphatic carbocycles. The Morgan fingerprint density at radius 3 is 1.40 bits per heavy atom. The molecule has 0 radical (unpaired) electrons. The van der Waals surface area contributed by atoms with Crippen molar-refractivity contribution < 1.29 is 36.2 Å². The first-order valence-electron chi connectivity index (χ1n) is 6.00. The maximum absolute atomic E-state index is 12.0. The Morgan fingerprint density at radius 1 is 0.900 bits per heavy atom. The van der Waals surface area contributed by atoms with Gasteiger partial charge in [0, 0.05) is 14.7 Å². The minimum atomic E-state index is -5.81. The van der Waals surface area contributed by atoms with E-state index < -0.39 is 32.6 Å². The van der Waals surface area contributed by atoms with Gasteiger partial charge >= 0.3 is 12.4 Å². The molecular formula is C11H22F6O2Si. The molecule has 0 aromatic rings. The molecular weight excluding hydrogens is 306 g/mol. The summed E-state index contributed by atoms with van der Waals surface area (Å²) in [6.45, 7) is 8.70. The van der Waals surface area contributed by atoms with Gasteiger partial charge in [0.05, 0.1) is 6.61 Å². The highest BCUT2D eigenvalue weighted by atomic mass is 28.3. The molecule has 0 aliphatic rings. The van der Waals surface area contributed by atoms with E-state index in [0.29, 0.717) is 0 Å². The molecule has 0 saturated carbocycles. The van der Waals surface area contributed by atoms with Gasteiger partial charge in [-0.2, -0.15) is 26.3 Å². The van der Waals surface area contributed by atoms with Gasteiger partial charge in [-0.3, -0.25) is 0 Å². The van der Waals surface area contributed by atoms with Crippen molar-refractivity contribution in [3.05, 3.63) is 0 Å². The Bertz CT molecular complexity index is 250. The second-order valence-corrected chi connectivity index (χ2v) is 11.9. The zero-order valence-electron chi connectivity index (χ0n) is 12.2. The first-order chi connectivity index (χ1) is 8.56. The molecule has 124 valence electrons. The van der Waals surface area contributed by atoms with E-state index in [2.05, 4.69) is 30.9 Å². The lowest BCUT2D eigenvalue weighted by Gasteiger charge is -2.31. The van der Waals surface area contributed by atoms with Crippen LogP contribution in [0.25, 0.3) is 0 Å². The van der Waals surface area contributed by atoms with Crippen LogP contribution in [0.5, 0.6) is 0 Å². The van der Waals surface area contributed by atoms with Crippen LogP contribution in [-0.2, 0) is 4.74 Å². The summed E-state index contributed by atoms with van der Waals surface area (Å²) in [6.07, 6.45) is -11.4. The first kappa shape index (κ1) is 22.0. The molecule has 0 spiro atoms. The van der Waals surface area contributed by atoms with Gasteiger partial charge in [0.15, 0.2) is 0 Å². The fourth-order valence-corrected chi connectivity index (χ4v) is 0.689. The minimum Gasteiger partial charge on any atom is -0.378 e. The lowest BCUT2D eigenvalue weighted by Crippen LogP contribution is -2.60. The van der Waals surface area contributed by atoms with Crippen molar-refractivity contribution in [2.45, 2.75) is 57.5 Å². The van der Waals surface area contributed by atoms with Gasteiger partial charge in [0.1, 0.15) is 0 Å². The van der Waals surface area contributed by atoms with Crippen molar-refractivity contribution in [1.82, 2.24) is 0 Å². The van der Waals surface area contributed by atoms with Crippen molar-refractivity contribution in [3.8, 4) is 0 Å². The molecule has 0 atom stereocenters. The second-order valence-electron chi connectivity index (χ2n) is 5.91. The van der Waals surface area contributed by atoms with E-state index in [1.165, 1.54) is 6.92 Å². The largest absolute Gasteiger partial charge is 0.428 e. The zero-order chi connectivity index (χ0) is 16.8. The van der Waals surface area contributed by atoms with Crippen LogP contribution in [0.1, 0.15) is 13.3 Å². The SMILES string of the molecule is CCCOCC(O)(C(F)(F)F)C(F)(F)F.C[Si](C)(C)C. The molecule has 0 rings (SSSR count). The summed E-state index contributed by atoms with van der Waals surface area (Å²) in [5.41, 5.74) is -4.80. The van der Waals surface area contributed by atoms with Gasteiger partial charge < -0.3 is 9.84 Å². The standard InChI is InChI=1S/C7H10F6O2.C4H12Si/c1-2-3-15-4-5(14,6(8,9)10)7(11,12)13;1-5(2,3)4/h14H,2-4H2,1H3;1-4H3. The Hall–Kier alpha value is -0.283. The molecule has 0 aliphatic heterocycles. The van der Waals surface area contributed by atoms with Crippen LogP contribution in [0.3, 0.4) is 0 Å². The first-order valence-corrected chi connectivity index (χ1v) is 10.00. The van der Waals surface area contributed by atoms with Gasteiger partial charge in [-0.15, -0.1) is 0 Å². The van der Waals surface area contributed by atoms with Crippen LogP contribution in [0, 0.1) is 0 Å². The summed E-state index contributed by atoms with van der Waals surface area (Å²) in [7, 11) is -0.611. The van der Waals surface area contributed by atoms with Crippen molar-refractivity contribution in [1.29, 1.82) is 0 Å². The van der Waals surface area contributed by atoms with Gasteiger partial charge in [0.25, 0.3) is 5.60 Å². The third-order valence-corrected chi connectivity index (χ3v) is 1.60. The molecule has 0 unspecified atom stereocenters. The molecule has 1 N–H and O–H groups in total. The second kappa shape index (κ2) is 7.65. The average Bonchev–Trinajstić information content (AvgIpc) is 2.11. The van der Waals surface area contributed by atoms with Gasteiger partial charge in [-0.05, 0) is 6.42 Å². The summed E-state index contributed by atoms with van der Waals surface area (Å²) in [5.74, 6) is 0. The number of halogens is 6. The van der Waals surface area contributed by atoms with Crippen molar-refractivity contribution >= 4 is 8.07 Å². The van der Waals surface area contributed by atoms with E-state index >= 15 is 0 Å². The lowest BCUT2D eigenvalue weighted by atomic mass is 10.0. The van der Waals surface area contributed by atoms with E-state index in [1.807, 2.05) is 0 Å². The van der Waals surface area contributed by atoms with Crippen LogP contribution >= 0.6 is 0 Å². The number of rotatable bonds is 4. The highest BCUT2D eigenvalue weighted by Gasteiger charge is 2.70. The highest BCUT2D eigenvalue weighted by molar-refractivity contribution is 6.74. The van der Waals surface area contributed by atoms with Gasteiger partial charge in [-0.25, -0.2) is 0 Å². The highest BCUT2D eigenvalue weighted by Crippen LogP contribution is 2.43. The van der Waals surface area contributed by atoms with Crippen molar-refractivity contribution in [2.24, 2.45) is 0 Å². The van der Waals surface area contributed by atoms with E-state index in [9.17, 15) is 26.3 Å². The molecule has 0 saturated heterocycles. The normalized spacial score (nSPS) is 13.8. The number of alkyl halides is 6. The van der Waals surface area contributed by atoms with Gasteiger partial charge in [0.2, 0.25) is 0 Å².